The van der Waals surface area contributed by atoms with Crippen LogP contribution in [-0.4, -0.2) is 25.4 Å². The maximum atomic E-state index is 13.9. The number of hydrogen-bond donors (Lipinski definition) is 0. The second kappa shape index (κ2) is 5.82. The summed E-state index contributed by atoms with van der Waals surface area (Å²) in [6, 6.07) is 15.5. The highest BCUT2D eigenvalue weighted by Gasteiger charge is 2.41. The summed E-state index contributed by atoms with van der Waals surface area (Å²) < 4.78 is 40.9. The van der Waals surface area contributed by atoms with Gasteiger partial charge in [-0.25, -0.2) is 12.8 Å². The van der Waals surface area contributed by atoms with E-state index in [1.54, 1.807) is 24.3 Å². The molecular weight excluding hydrogens is 301 g/mol. The Morgan fingerprint density at radius 2 is 1.68 bits per heavy atom. The van der Waals surface area contributed by atoms with Crippen LogP contribution >= 0.6 is 0 Å². The van der Waals surface area contributed by atoms with E-state index in [9.17, 15) is 12.8 Å². The second-order valence-electron chi connectivity index (χ2n) is 5.65. The SMILES string of the molecule is Cc1ccc(S(=O)(=O)N2C[C@@H](F)C[C@H]2c2ccccc2)cc1. The highest BCUT2D eigenvalue weighted by Crippen LogP contribution is 2.37. The van der Waals surface area contributed by atoms with Crippen LogP contribution in [0.3, 0.4) is 0 Å². The highest BCUT2D eigenvalue weighted by atomic mass is 32.2. The molecule has 116 valence electrons. The average molecular weight is 319 g/mol. The van der Waals surface area contributed by atoms with Crippen LogP contribution in [-0.2, 0) is 10.0 Å². The van der Waals surface area contributed by atoms with Crippen LogP contribution in [0, 0.1) is 6.92 Å². The van der Waals surface area contributed by atoms with Crippen molar-refractivity contribution in [2.75, 3.05) is 6.54 Å². The van der Waals surface area contributed by atoms with Gasteiger partial charge < -0.3 is 0 Å². The van der Waals surface area contributed by atoms with E-state index in [1.807, 2.05) is 37.3 Å². The van der Waals surface area contributed by atoms with Gasteiger partial charge in [-0.3, -0.25) is 0 Å². The van der Waals surface area contributed by atoms with Gasteiger partial charge in [0.2, 0.25) is 10.0 Å². The molecule has 22 heavy (non-hydrogen) atoms. The van der Waals surface area contributed by atoms with Gasteiger partial charge in [-0.1, -0.05) is 48.0 Å². The number of aryl methyl sites for hydroxylation is 1. The first-order valence-electron chi connectivity index (χ1n) is 7.26. The van der Waals surface area contributed by atoms with Gasteiger partial charge in [0.1, 0.15) is 6.17 Å². The number of nitrogens with zero attached hydrogens (tertiary/aromatic N) is 1. The first-order chi connectivity index (χ1) is 10.5. The fourth-order valence-corrected chi connectivity index (χ4v) is 4.50. The molecule has 0 unspecified atom stereocenters. The van der Waals surface area contributed by atoms with Crippen LogP contribution in [0.4, 0.5) is 4.39 Å². The molecular formula is C17H18FNO2S. The second-order valence-corrected chi connectivity index (χ2v) is 7.54. The number of benzene rings is 2. The van der Waals surface area contributed by atoms with Gasteiger partial charge in [-0.15, -0.1) is 0 Å². The molecule has 0 spiro atoms. The van der Waals surface area contributed by atoms with E-state index in [-0.39, 0.29) is 17.9 Å². The zero-order valence-corrected chi connectivity index (χ0v) is 13.1. The molecule has 0 aliphatic carbocycles. The summed E-state index contributed by atoms with van der Waals surface area (Å²) in [4.78, 5) is 0.216. The third kappa shape index (κ3) is 2.78. The monoisotopic (exact) mass is 319 g/mol. The van der Waals surface area contributed by atoms with Crippen LogP contribution in [0.1, 0.15) is 23.6 Å². The first kappa shape index (κ1) is 15.2. The molecule has 0 bridgehead atoms. The topological polar surface area (TPSA) is 37.4 Å². The molecule has 3 nitrogen and oxygen atoms in total. The average Bonchev–Trinajstić information content (AvgIpc) is 2.91. The predicted molar refractivity (Wildman–Crippen MR) is 83.8 cm³/mol. The summed E-state index contributed by atoms with van der Waals surface area (Å²) in [6.45, 7) is 1.81. The lowest BCUT2D eigenvalue weighted by Gasteiger charge is -2.24. The minimum atomic E-state index is -3.69. The van der Waals surface area contributed by atoms with Crippen molar-refractivity contribution in [3.8, 4) is 0 Å². The van der Waals surface area contributed by atoms with Gasteiger partial charge in [0.15, 0.2) is 0 Å². The van der Waals surface area contributed by atoms with Gasteiger partial charge in [0, 0.05) is 13.0 Å². The largest absolute Gasteiger partial charge is 0.246 e. The number of hydrogen-bond acceptors (Lipinski definition) is 2. The Kier molecular flexibility index (Phi) is 4.02. The predicted octanol–water partition coefficient (Wildman–Crippen LogP) is 3.47. The van der Waals surface area contributed by atoms with Gasteiger partial charge in [-0.2, -0.15) is 4.31 Å². The minimum absolute atomic E-state index is 0.0875. The number of rotatable bonds is 3. The Morgan fingerprint density at radius 1 is 1.05 bits per heavy atom. The van der Waals surface area contributed by atoms with E-state index >= 15 is 0 Å². The van der Waals surface area contributed by atoms with E-state index in [0.717, 1.165) is 11.1 Å². The molecule has 0 N–H and O–H groups in total. The number of halogens is 1. The van der Waals surface area contributed by atoms with E-state index in [0.29, 0.717) is 0 Å². The molecule has 0 aromatic heterocycles. The lowest BCUT2D eigenvalue weighted by molar-refractivity contribution is 0.342. The quantitative estimate of drug-likeness (QED) is 0.869. The maximum Gasteiger partial charge on any atom is 0.243 e. The number of alkyl halides is 1. The molecule has 2 atom stereocenters. The fraction of sp³-hybridized carbons (Fsp3) is 0.294. The summed E-state index contributed by atoms with van der Waals surface area (Å²) in [5.74, 6) is 0. The van der Waals surface area contributed by atoms with E-state index < -0.39 is 22.2 Å². The Morgan fingerprint density at radius 3 is 2.32 bits per heavy atom. The van der Waals surface area contributed by atoms with E-state index in [4.69, 9.17) is 0 Å². The zero-order chi connectivity index (χ0) is 15.7. The molecule has 0 radical (unpaired) electrons. The molecule has 0 amide bonds. The maximum absolute atomic E-state index is 13.9. The molecule has 1 saturated heterocycles. The Labute approximate surface area is 130 Å². The third-order valence-electron chi connectivity index (χ3n) is 4.02. The molecule has 2 aromatic carbocycles. The summed E-state index contributed by atoms with van der Waals surface area (Å²) >= 11 is 0. The van der Waals surface area contributed by atoms with Gasteiger partial charge in [0.25, 0.3) is 0 Å². The van der Waals surface area contributed by atoms with Crippen LogP contribution in [0.15, 0.2) is 59.5 Å². The van der Waals surface area contributed by atoms with Crippen molar-refractivity contribution in [2.24, 2.45) is 0 Å². The third-order valence-corrected chi connectivity index (χ3v) is 5.91. The number of sulfonamides is 1. The summed E-state index contributed by atoms with van der Waals surface area (Å²) in [7, 11) is -3.69. The summed E-state index contributed by atoms with van der Waals surface area (Å²) in [6.07, 6.45) is -0.930. The van der Waals surface area contributed by atoms with Crippen molar-refractivity contribution >= 4 is 10.0 Å². The fourth-order valence-electron chi connectivity index (χ4n) is 2.85. The van der Waals surface area contributed by atoms with Crippen molar-refractivity contribution in [1.29, 1.82) is 0 Å². The molecule has 2 aromatic rings. The van der Waals surface area contributed by atoms with Gasteiger partial charge >= 0.3 is 0 Å². The molecule has 0 saturated carbocycles. The Hall–Kier alpha value is -1.72. The molecule has 1 aliphatic rings. The highest BCUT2D eigenvalue weighted by molar-refractivity contribution is 7.89. The lowest BCUT2D eigenvalue weighted by atomic mass is 10.1. The lowest BCUT2D eigenvalue weighted by Crippen LogP contribution is -2.31. The van der Waals surface area contributed by atoms with Crippen molar-refractivity contribution in [3.05, 3.63) is 65.7 Å². The minimum Gasteiger partial charge on any atom is -0.246 e. The molecule has 1 fully saturated rings. The smallest absolute Gasteiger partial charge is 0.243 e. The Balaban J connectivity index is 1.99. The van der Waals surface area contributed by atoms with Crippen LogP contribution < -0.4 is 0 Å². The van der Waals surface area contributed by atoms with E-state index in [2.05, 4.69) is 0 Å². The van der Waals surface area contributed by atoms with Crippen molar-refractivity contribution in [1.82, 2.24) is 4.31 Å². The van der Waals surface area contributed by atoms with Gasteiger partial charge in [-0.05, 0) is 24.6 Å². The zero-order valence-electron chi connectivity index (χ0n) is 12.3. The van der Waals surface area contributed by atoms with Crippen molar-refractivity contribution in [2.45, 2.75) is 30.5 Å². The van der Waals surface area contributed by atoms with Crippen molar-refractivity contribution < 1.29 is 12.8 Å². The van der Waals surface area contributed by atoms with Crippen molar-refractivity contribution in [3.63, 3.8) is 0 Å². The summed E-state index contributed by atoms with van der Waals surface area (Å²) in [5.41, 5.74) is 1.82. The normalized spacial score (nSPS) is 22.8. The van der Waals surface area contributed by atoms with Crippen LogP contribution in [0.25, 0.3) is 0 Å². The Bertz CT molecular complexity index is 744. The molecule has 1 aliphatic heterocycles. The molecule has 3 rings (SSSR count). The first-order valence-corrected chi connectivity index (χ1v) is 8.70. The van der Waals surface area contributed by atoms with E-state index in [1.165, 1.54) is 4.31 Å². The van der Waals surface area contributed by atoms with Crippen LogP contribution in [0.5, 0.6) is 0 Å². The van der Waals surface area contributed by atoms with Crippen LogP contribution in [0.2, 0.25) is 0 Å². The standard InChI is InChI=1S/C17H18FNO2S/c1-13-7-9-16(10-8-13)22(20,21)19-12-15(18)11-17(19)14-5-3-2-4-6-14/h2-10,15,17H,11-12H2,1H3/t15-,17-/m0/s1. The summed E-state index contributed by atoms with van der Waals surface area (Å²) in [5, 5.41) is 0. The molecule has 1 heterocycles. The molecule has 5 heteroatoms. The van der Waals surface area contributed by atoms with Gasteiger partial charge in [0.05, 0.1) is 10.9 Å².